The van der Waals surface area contributed by atoms with E-state index >= 15 is 0 Å². The number of carbonyl (C=O) groups is 2. The first kappa shape index (κ1) is 66.9. The molecule has 0 atom stereocenters. The molecule has 10 rings (SSSR count). The SMILES string of the molecule is CCCCC.O=C(OCc1ccccc1)N1CCC(COc2ccc([N+](=O)[O-])c(CS(=O)(=O)c3cccc4ccccc34)c2)CC1.O=C(OCc1ccccc1)N1CCC(COc2ccc([N+](=O)[O-])cc2)CC1.O=S(=O)(CCl)c1cccc2ccccc12. The number of piperidine rings is 2. The van der Waals surface area contributed by atoms with E-state index in [9.17, 15) is 46.7 Å². The Kier molecular flexibility index (Phi) is 25.5. The van der Waals surface area contributed by atoms with E-state index in [2.05, 4.69) is 13.8 Å². The molecule has 0 aromatic heterocycles. The molecule has 2 saturated heterocycles. The highest BCUT2D eigenvalue weighted by Gasteiger charge is 2.28. The van der Waals surface area contributed by atoms with Crippen LogP contribution in [-0.2, 0) is 48.1 Å². The van der Waals surface area contributed by atoms with Crippen LogP contribution in [0.15, 0.2) is 198 Å². The van der Waals surface area contributed by atoms with Gasteiger partial charge in [0, 0.05) is 60.7 Å². The Morgan fingerprint density at radius 2 is 0.943 bits per heavy atom. The predicted octanol–water partition coefficient (Wildman–Crippen LogP) is 15.2. The van der Waals surface area contributed by atoms with Gasteiger partial charge in [0.1, 0.15) is 29.9 Å². The van der Waals surface area contributed by atoms with Crippen molar-refractivity contribution in [1.29, 1.82) is 0 Å². The largest absolute Gasteiger partial charge is 0.493 e. The predicted molar refractivity (Wildman–Crippen MR) is 341 cm³/mol. The fourth-order valence-corrected chi connectivity index (χ4v) is 12.7. The van der Waals surface area contributed by atoms with Crippen molar-refractivity contribution >= 4 is 76.4 Å². The zero-order valence-electron chi connectivity index (χ0n) is 49.3. The number of sulfone groups is 2. The Morgan fingerprint density at radius 1 is 0.523 bits per heavy atom. The number of rotatable bonds is 19. The Morgan fingerprint density at radius 3 is 1.38 bits per heavy atom. The minimum absolute atomic E-state index is 0.0460. The monoisotopic (exact) mass is 1260 g/mol. The molecule has 0 radical (unpaired) electrons. The van der Waals surface area contributed by atoms with Gasteiger partial charge in [0.25, 0.3) is 11.4 Å². The number of nitrogens with zero attached hydrogens (tertiary/aromatic N) is 4. The molecule has 88 heavy (non-hydrogen) atoms. The molecule has 21 heteroatoms. The summed E-state index contributed by atoms with van der Waals surface area (Å²) in [6, 6.07) is 54.1. The summed E-state index contributed by atoms with van der Waals surface area (Å²) in [6.45, 7) is 8.17. The van der Waals surface area contributed by atoms with Crippen LogP contribution in [-0.4, -0.2) is 93.3 Å². The summed E-state index contributed by atoms with van der Waals surface area (Å²) < 4.78 is 72.7. The molecule has 0 spiro atoms. The normalized spacial score (nSPS) is 13.5. The fourth-order valence-electron chi connectivity index (χ4n) is 9.85. The Labute approximate surface area is 519 Å². The summed E-state index contributed by atoms with van der Waals surface area (Å²) >= 11 is 5.44. The Balaban J connectivity index is 0.000000200. The summed E-state index contributed by atoms with van der Waals surface area (Å²) in [5, 5.41) is 25.0. The van der Waals surface area contributed by atoms with Gasteiger partial charge in [-0.2, -0.15) is 0 Å². The van der Waals surface area contributed by atoms with E-state index < -0.39 is 35.3 Å². The molecule has 8 aromatic carbocycles. The molecule has 0 aliphatic carbocycles. The van der Waals surface area contributed by atoms with E-state index in [-0.39, 0.29) is 58.4 Å². The summed E-state index contributed by atoms with van der Waals surface area (Å²) in [5.41, 5.74) is 1.73. The number of benzene rings is 8. The van der Waals surface area contributed by atoms with Gasteiger partial charge in [-0.1, -0.05) is 167 Å². The van der Waals surface area contributed by atoms with Crippen molar-refractivity contribution in [2.24, 2.45) is 11.8 Å². The molecular formula is C67H73ClN4O14S2. The van der Waals surface area contributed by atoms with Crippen LogP contribution < -0.4 is 9.47 Å². The zero-order chi connectivity index (χ0) is 62.9. The van der Waals surface area contributed by atoms with Gasteiger partial charge >= 0.3 is 12.2 Å². The van der Waals surface area contributed by atoms with Crippen molar-refractivity contribution in [1.82, 2.24) is 9.80 Å². The molecule has 2 amide bonds. The van der Waals surface area contributed by atoms with Crippen LogP contribution in [0.3, 0.4) is 0 Å². The average molecular weight is 1260 g/mol. The number of halogens is 1. The van der Waals surface area contributed by atoms with Crippen LogP contribution in [0.2, 0.25) is 0 Å². The van der Waals surface area contributed by atoms with Crippen LogP contribution in [0.1, 0.15) is 75.5 Å². The number of non-ortho nitro benzene ring substituents is 1. The van der Waals surface area contributed by atoms with Crippen LogP contribution in [0.5, 0.6) is 11.5 Å². The van der Waals surface area contributed by atoms with Gasteiger partial charge < -0.3 is 28.7 Å². The number of hydrogen-bond acceptors (Lipinski definition) is 14. The van der Waals surface area contributed by atoms with Crippen molar-refractivity contribution in [3.63, 3.8) is 0 Å². The lowest BCUT2D eigenvalue weighted by Gasteiger charge is -2.31. The third-order valence-corrected chi connectivity index (χ3v) is 18.7. The van der Waals surface area contributed by atoms with Crippen molar-refractivity contribution in [3.05, 3.63) is 225 Å². The summed E-state index contributed by atoms with van der Waals surface area (Å²) in [5.74, 6) is 0.969. The van der Waals surface area contributed by atoms with Gasteiger partial charge in [0.05, 0.1) is 38.6 Å². The fraction of sp³-hybridized carbons (Fsp3) is 0.313. The molecule has 0 bridgehead atoms. The van der Waals surface area contributed by atoms with Crippen LogP contribution in [0.4, 0.5) is 21.0 Å². The molecule has 18 nitrogen and oxygen atoms in total. The van der Waals surface area contributed by atoms with Crippen molar-refractivity contribution in [2.45, 2.75) is 87.6 Å². The lowest BCUT2D eigenvalue weighted by Crippen LogP contribution is -2.39. The van der Waals surface area contributed by atoms with Gasteiger partial charge in [-0.25, -0.2) is 26.4 Å². The number of unbranched alkanes of at least 4 members (excludes halogenated alkanes) is 2. The number of hydrogen-bond donors (Lipinski definition) is 0. The van der Waals surface area contributed by atoms with Crippen molar-refractivity contribution in [3.8, 4) is 11.5 Å². The van der Waals surface area contributed by atoms with Crippen LogP contribution in [0.25, 0.3) is 21.5 Å². The molecule has 0 saturated carbocycles. The van der Waals surface area contributed by atoms with Gasteiger partial charge in [-0.15, -0.1) is 11.6 Å². The molecule has 0 unspecified atom stereocenters. The van der Waals surface area contributed by atoms with E-state index in [1.165, 1.54) is 55.7 Å². The number of amides is 2. The maximum Gasteiger partial charge on any atom is 0.410 e. The number of nitro groups is 2. The average Bonchev–Trinajstić information content (AvgIpc) is 1.29. The van der Waals surface area contributed by atoms with E-state index in [1.54, 1.807) is 58.3 Å². The number of likely N-dealkylation sites (tertiary alicyclic amines) is 2. The number of alkyl halides is 1. The molecule has 2 aliphatic heterocycles. The number of nitro benzene ring substituents is 2. The highest BCUT2D eigenvalue weighted by Crippen LogP contribution is 2.32. The highest BCUT2D eigenvalue weighted by atomic mass is 35.5. The lowest BCUT2D eigenvalue weighted by atomic mass is 9.98. The number of carbonyl (C=O) groups excluding carboxylic acids is 2. The molecule has 2 fully saturated rings. The van der Waals surface area contributed by atoms with E-state index in [0.29, 0.717) is 67.1 Å². The Hall–Kier alpha value is -8.59. The summed E-state index contributed by atoms with van der Waals surface area (Å²) in [6.07, 6.45) is 6.56. The van der Waals surface area contributed by atoms with Crippen molar-refractivity contribution in [2.75, 3.05) is 44.6 Å². The first-order chi connectivity index (χ1) is 42.5. The first-order valence-electron chi connectivity index (χ1n) is 29.1. The first-order valence-corrected chi connectivity index (χ1v) is 33.0. The highest BCUT2D eigenvalue weighted by molar-refractivity contribution is 7.92. The molecule has 8 aromatic rings. The van der Waals surface area contributed by atoms with Crippen LogP contribution >= 0.6 is 11.6 Å². The molecule has 2 heterocycles. The second kappa shape index (κ2) is 33.5. The minimum Gasteiger partial charge on any atom is -0.493 e. The van der Waals surface area contributed by atoms with Gasteiger partial charge in [0.2, 0.25) is 0 Å². The molecule has 464 valence electrons. The van der Waals surface area contributed by atoms with Crippen molar-refractivity contribution < 1.29 is 55.2 Å². The summed E-state index contributed by atoms with van der Waals surface area (Å²) in [4.78, 5) is 49.8. The van der Waals surface area contributed by atoms with E-state index in [4.69, 9.17) is 30.5 Å². The molecule has 0 N–H and O–H groups in total. The lowest BCUT2D eigenvalue weighted by molar-refractivity contribution is -0.385. The van der Waals surface area contributed by atoms with Gasteiger partial charge in [-0.3, -0.25) is 20.2 Å². The zero-order valence-corrected chi connectivity index (χ0v) is 51.7. The minimum atomic E-state index is -3.89. The Bertz CT molecular complexity index is 3780. The number of fused-ring (bicyclic) bond motifs is 2. The maximum absolute atomic E-state index is 13.4. The second-order valence-corrected chi connectivity index (χ2v) is 25.7. The van der Waals surface area contributed by atoms with Gasteiger partial charge in [0.15, 0.2) is 19.7 Å². The van der Waals surface area contributed by atoms with Gasteiger partial charge in [-0.05, 0) is 95.8 Å². The maximum atomic E-state index is 13.4. The van der Waals surface area contributed by atoms with E-state index in [0.717, 1.165) is 53.0 Å². The second-order valence-electron chi connectivity index (χ2n) is 21.2. The summed E-state index contributed by atoms with van der Waals surface area (Å²) in [7, 11) is -7.25. The molecular weight excluding hydrogens is 1180 g/mol. The third kappa shape index (κ3) is 20.0. The third-order valence-electron chi connectivity index (χ3n) is 14.8. The smallest absolute Gasteiger partial charge is 0.410 e. The topological polar surface area (TPSA) is 232 Å². The van der Waals surface area contributed by atoms with E-state index in [1.807, 2.05) is 103 Å². The number of ether oxygens (including phenoxy) is 4. The van der Waals surface area contributed by atoms with Crippen LogP contribution in [0, 0.1) is 32.1 Å². The standard InChI is InChI=1S/C31H30N2O7S.C20H22N2O5.C11H9ClO2S.C5H12/c34-31(40-21-23-7-2-1-3-8-23)32-17-15-24(16-18-32)20-39-27-13-14-29(33(35)36)26(19-27)22-41(37,38)30-12-6-10-25-9-4-5-11-28(25)30;23-20(27-15-16-4-2-1-3-5-16)21-12-10-17(11-13-21)14-26-19-8-6-18(7-9-19)22(24)25;12-8-15(13,14)11-7-3-5-9-4-1-2-6-10(9)11;1-3-5-4-2/h1-14,19,24H,15-18,20-22H2;1-9,17H,10-15H2;1-7H,8H2;3-5H2,1-2H3. The molecule has 2 aliphatic rings. The quantitative estimate of drug-likeness (QED) is 0.0416.